The van der Waals surface area contributed by atoms with Crippen molar-refractivity contribution in [2.45, 2.75) is 26.8 Å². The number of nitriles is 1. The van der Waals surface area contributed by atoms with Crippen molar-refractivity contribution in [1.82, 2.24) is 14.9 Å². The number of anilines is 2. The van der Waals surface area contributed by atoms with Crippen LogP contribution in [0.1, 0.15) is 19.4 Å². The number of piperazine rings is 1. The summed E-state index contributed by atoms with van der Waals surface area (Å²) in [5, 5.41) is 13.8. The maximum atomic E-state index is 9.34. The number of rotatable bonds is 3. The van der Waals surface area contributed by atoms with E-state index in [1.807, 2.05) is 67.8 Å². The second kappa shape index (κ2) is 9.00. The van der Waals surface area contributed by atoms with Gasteiger partial charge in [-0.3, -0.25) is 0 Å². The predicted octanol–water partition coefficient (Wildman–Crippen LogP) is 4.03. The van der Waals surface area contributed by atoms with Crippen molar-refractivity contribution in [3.8, 4) is 6.19 Å². The van der Waals surface area contributed by atoms with Gasteiger partial charge in [-0.15, -0.1) is 4.99 Å². The Bertz CT molecular complexity index is 1130. The molecule has 0 amide bonds. The van der Waals surface area contributed by atoms with Crippen LogP contribution in [0.3, 0.4) is 0 Å². The monoisotopic (exact) mass is 413 g/mol. The van der Waals surface area contributed by atoms with E-state index in [0.717, 1.165) is 47.7 Å². The molecule has 1 unspecified atom stereocenters. The summed E-state index contributed by atoms with van der Waals surface area (Å²) in [6, 6.07) is 16.2. The van der Waals surface area contributed by atoms with Crippen LogP contribution < -0.4 is 10.2 Å². The normalized spacial score (nSPS) is 17.1. The number of aromatic nitrogens is 2. The highest BCUT2D eigenvalue weighted by Gasteiger charge is 2.33. The average molecular weight is 414 g/mol. The van der Waals surface area contributed by atoms with Crippen molar-refractivity contribution in [3.63, 3.8) is 0 Å². The Kier molecular flexibility index (Phi) is 5.99. The molecule has 7 heteroatoms. The molecule has 1 aliphatic heterocycles. The molecular formula is C24H27N7. The van der Waals surface area contributed by atoms with Gasteiger partial charge in [0.05, 0.1) is 11.6 Å². The van der Waals surface area contributed by atoms with Crippen LogP contribution in [0.25, 0.3) is 10.9 Å². The number of para-hydroxylation sites is 2. The molecule has 0 spiro atoms. The molecule has 1 N–H and O–H groups in total. The number of aliphatic imine (C=N–C) groups is 1. The topological polar surface area (TPSA) is 80.4 Å². The number of nitrogens with one attached hydrogen (secondary N) is 1. The fourth-order valence-electron chi connectivity index (χ4n) is 3.98. The molecule has 0 radical (unpaired) electrons. The summed E-state index contributed by atoms with van der Waals surface area (Å²) in [5.74, 6) is 1.69. The van der Waals surface area contributed by atoms with Gasteiger partial charge >= 0.3 is 0 Å². The Hall–Kier alpha value is -3.66. The molecule has 0 saturated carbocycles. The number of fused-ring (bicyclic) bond motifs is 1. The molecule has 2 aromatic carbocycles. The molecule has 1 atom stereocenters. The summed E-state index contributed by atoms with van der Waals surface area (Å²) >= 11 is 0. The number of hydrogen-bond donors (Lipinski definition) is 1. The van der Waals surface area contributed by atoms with Crippen molar-refractivity contribution in [2.75, 3.05) is 29.9 Å². The quantitative estimate of drug-likeness (QED) is 0.397. The van der Waals surface area contributed by atoms with Gasteiger partial charge in [0.1, 0.15) is 0 Å². The van der Waals surface area contributed by atoms with Gasteiger partial charge in [-0.1, -0.05) is 50.2 Å². The highest BCUT2D eigenvalue weighted by atomic mass is 15.4. The van der Waals surface area contributed by atoms with E-state index in [0.29, 0.717) is 11.9 Å². The largest absolute Gasteiger partial charge is 0.337 e. The molecule has 0 bridgehead atoms. The first kappa shape index (κ1) is 20.6. The minimum atomic E-state index is 0.160. The van der Waals surface area contributed by atoms with Gasteiger partial charge < -0.3 is 15.1 Å². The third-order valence-electron chi connectivity index (χ3n) is 5.77. The predicted molar refractivity (Wildman–Crippen MR) is 125 cm³/mol. The fraction of sp³-hybridized carbons (Fsp3) is 0.333. The summed E-state index contributed by atoms with van der Waals surface area (Å²) in [6.07, 6.45) is 3.86. The van der Waals surface area contributed by atoms with Gasteiger partial charge in [0.2, 0.25) is 18.1 Å². The maximum Gasteiger partial charge on any atom is 0.226 e. The molecule has 31 heavy (non-hydrogen) atoms. The van der Waals surface area contributed by atoms with Crippen molar-refractivity contribution in [2.24, 2.45) is 10.9 Å². The first-order chi connectivity index (χ1) is 15.1. The van der Waals surface area contributed by atoms with Crippen molar-refractivity contribution in [3.05, 3.63) is 60.3 Å². The first-order valence-corrected chi connectivity index (χ1v) is 10.6. The molecule has 1 fully saturated rings. The smallest absolute Gasteiger partial charge is 0.226 e. The Morgan fingerprint density at radius 2 is 1.94 bits per heavy atom. The summed E-state index contributed by atoms with van der Waals surface area (Å²) in [5.41, 5.74) is 3.01. The van der Waals surface area contributed by atoms with E-state index in [1.54, 1.807) is 0 Å². The number of hydrogen-bond acceptors (Lipinski definition) is 5. The lowest BCUT2D eigenvalue weighted by molar-refractivity contribution is 0.223. The Balaban J connectivity index is 1.59. The van der Waals surface area contributed by atoms with Crippen molar-refractivity contribution >= 4 is 28.5 Å². The zero-order valence-corrected chi connectivity index (χ0v) is 18.2. The molecule has 1 aromatic heterocycles. The lowest BCUT2D eigenvalue weighted by Gasteiger charge is -2.44. The van der Waals surface area contributed by atoms with Gasteiger partial charge in [0.15, 0.2) is 0 Å². The van der Waals surface area contributed by atoms with Crippen molar-refractivity contribution < 1.29 is 0 Å². The lowest BCUT2D eigenvalue weighted by Crippen LogP contribution is -2.59. The molecule has 7 nitrogen and oxygen atoms in total. The van der Waals surface area contributed by atoms with Crippen LogP contribution in [0.4, 0.5) is 11.6 Å². The van der Waals surface area contributed by atoms with E-state index < -0.39 is 0 Å². The molecule has 0 aliphatic carbocycles. The molecule has 158 valence electrons. The van der Waals surface area contributed by atoms with Gasteiger partial charge in [0.25, 0.3) is 0 Å². The molecule has 4 rings (SSSR count). The van der Waals surface area contributed by atoms with Crippen LogP contribution in [-0.4, -0.2) is 46.5 Å². The maximum absolute atomic E-state index is 9.34. The Morgan fingerprint density at radius 1 is 1.16 bits per heavy atom. The summed E-state index contributed by atoms with van der Waals surface area (Å²) < 4.78 is 0. The summed E-state index contributed by atoms with van der Waals surface area (Å²) in [7, 11) is 0. The average Bonchev–Trinajstić information content (AvgIpc) is 2.79. The third-order valence-corrected chi connectivity index (χ3v) is 5.77. The van der Waals surface area contributed by atoms with Gasteiger partial charge in [0, 0.05) is 36.9 Å². The van der Waals surface area contributed by atoms with Gasteiger partial charge in [-0.05, 0) is 30.5 Å². The molecule has 1 saturated heterocycles. The van der Waals surface area contributed by atoms with Gasteiger partial charge in [-0.25, -0.2) is 9.97 Å². The highest BCUT2D eigenvalue weighted by Crippen LogP contribution is 2.24. The van der Waals surface area contributed by atoms with E-state index in [4.69, 9.17) is 4.98 Å². The van der Waals surface area contributed by atoms with Crippen LogP contribution in [-0.2, 0) is 0 Å². The minimum absolute atomic E-state index is 0.160. The van der Waals surface area contributed by atoms with Crippen LogP contribution in [0, 0.1) is 24.3 Å². The fourth-order valence-corrected chi connectivity index (χ4v) is 3.98. The second-order valence-electron chi connectivity index (χ2n) is 8.15. The Morgan fingerprint density at radius 3 is 2.71 bits per heavy atom. The van der Waals surface area contributed by atoms with Crippen LogP contribution in [0.5, 0.6) is 0 Å². The number of aryl methyl sites for hydroxylation is 1. The van der Waals surface area contributed by atoms with E-state index in [9.17, 15) is 5.26 Å². The third kappa shape index (κ3) is 4.43. The number of guanidine groups is 1. The van der Waals surface area contributed by atoms with E-state index in [1.165, 1.54) is 0 Å². The first-order valence-electron chi connectivity index (χ1n) is 10.6. The zero-order valence-electron chi connectivity index (χ0n) is 18.2. The van der Waals surface area contributed by atoms with E-state index >= 15 is 0 Å². The van der Waals surface area contributed by atoms with Crippen LogP contribution in [0.2, 0.25) is 0 Å². The SMILES string of the molecule is Cc1ccccc1N/C(=N/C#N)N1CCN(c2ncc3ccccc3n2)CC1C(C)C. The highest BCUT2D eigenvalue weighted by molar-refractivity contribution is 5.95. The number of nitrogens with zero attached hydrogens (tertiary/aromatic N) is 6. The zero-order chi connectivity index (χ0) is 21.8. The van der Waals surface area contributed by atoms with Gasteiger partial charge in [-0.2, -0.15) is 5.26 Å². The summed E-state index contributed by atoms with van der Waals surface area (Å²) in [6.45, 7) is 8.66. The van der Waals surface area contributed by atoms with Crippen LogP contribution >= 0.6 is 0 Å². The minimum Gasteiger partial charge on any atom is -0.337 e. The summed E-state index contributed by atoms with van der Waals surface area (Å²) in [4.78, 5) is 18.0. The molecule has 1 aliphatic rings. The standard InChI is InChI=1S/C24H27N7/c1-17(2)22-15-30(23-26-14-19-9-5-7-11-21(19)29-23)12-13-31(22)24(27-16-25)28-20-10-6-4-8-18(20)3/h4-11,14,17,22H,12-13,15H2,1-3H3,(H,27,28). The van der Waals surface area contributed by atoms with Crippen molar-refractivity contribution in [1.29, 1.82) is 5.26 Å². The lowest BCUT2D eigenvalue weighted by atomic mass is 10.00. The van der Waals surface area contributed by atoms with E-state index in [-0.39, 0.29) is 6.04 Å². The van der Waals surface area contributed by atoms with Crippen LogP contribution in [0.15, 0.2) is 59.7 Å². The Labute approximate surface area is 183 Å². The molecule has 3 aromatic rings. The molecular weight excluding hydrogens is 386 g/mol. The number of benzene rings is 2. The molecule has 2 heterocycles. The second-order valence-corrected chi connectivity index (χ2v) is 8.15. The van der Waals surface area contributed by atoms with E-state index in [2.05, 4.69) is 38.9 Å².